The number of hydrogen-bond acceptors (Lipinski definition) is 2. The normalized spacial score (nSPS) is 21.9. The summed E-state index contributed by atoms with van der Waals surface area (Å²) in [6.07, 6.45) is 6.30. The fraction of sp³-hybridized carbons (Fsp3) is 0.550. The maximum absolute atomic E-state index is 11.9. The molecule has 22 heavy (non-hydrogen) atoms. The van der Waals surface area contributed by atoms with Crippen LogP contribution in [0.1, 0.15) is 56.6 Å². The second kappa shape index (κ2) is 6.78. The molecular weight excluding hydrogens is 270 g/mol. The van der Waals surface area contributed by atoms with Gasteiger partial charge < -0.3 is 4.90 Å². The molecule has 1 saturated heterocycles. The predicted octanol–water partition coefficient (Wildman–Crippen LogP) is 4.27. The number of piperidine rings is 1. The Morgan fingerprint density at radius 3 is 3.00 bits per heavy atom. The quantitative estimate of drug-likeness (QED) is 0.781. The van der Waals surface area contributed by atoms with Crippen molar-refractivity contribution in [2.75, 3.05) is 19.6 Å². The van der Waals surface area contributed by atoms with Gasteiger partial charge in [0.25, 0.3) is 0 Å². The van der Waals surface area contributed by atoms with Crippen molar-refractivity contribution in [2.45, 2.75) is 45.4 Å². The number of nitrogens with zero attached hydrogens (tertiary/aromatic N) is 1. The van der Waals surface area contributed by atoms with Crippen molar-refractivity contribution in [3.8, 4) is 0 Å². The molecule has 118 valence electrons. The van der Waals surface area contributed by atoms with Crippen LogP contribution < -0.4 is 0 Å². The molecule has 2 unspecified atom stereocenters. The average Bonchev–Trinajstić information content (AvgIpc) is 2.92. The van der Waals surface area contributed by atoms with Crippen molar-refractivity contribution >= 4 is 11.9 Å². The van der Waals surface area contributed by atoms with Gasteiger partial charge in [-0.2, -0.15) is 0 Å². The van der Waals surface area contributed by atoms with Crippen LogP contribution in [-0.2, 0) is 4.79 Å². The maximum atomic E-state index is 11.9. The van der Waals surface area contributed by atoms with E-state index in [0.717, 1.165) is 38.9 Å². The van der Waals surface area contributed by atoms with Crippen LogP contribution in [0.15, 0.2) is 29.8 Å². The number of carbonyl (C=O) groups excluding carboxylic acids is 1. The first-order valence-electron chi connectivity index (χ1n) is 8.73. The Hall–Kier alpha value is -1.41. The third kappa shape index (κ3) is 3.17. The molecule has 1 aliphatic carbocycles. The smallest absolute Gasteiger partial charge is 0.135 e. The van der Waals surface area contributed by atoms with Crippen LogP contribution in [0.5, 0.6) is 0 Å². The topological polar surface area (TPSA) is 20.3 Å². The van der Waals surface area contributed by atoms with Crippen molar-refractivity contribution in [3.05, 3.63) is 41.0 Å². The van der Waals surface area contributed by atoms with Gasteiger partial charge in [-0.3, -0.25) is 4.79 Å². The Bertz CT molecular complexity index is 575. The van der Waals surface area contributed by atoms with E-state index in [-0.39, 0.29) is 5.92 Å². The molecular formula is C20H27NO. The molecule has 1 fully saturated rings. The molecule has 1 aromatic rings. The van der Waals surface area contributed by atoms with Crippen LogP contribution in [0.4, 0.5) is 0 Å². The molecule has 2 atom stereocenters. The Morgan fingerprint density at radius 1 is 1.36 bits per heavy atom. The number of benzene rings is 1. The zero-order valence-electron chi connectivity index (χ0n) is 13.8. The SMILES string of the molecule is CCC(C)C(=O)CCCN1CCC2=Cc3ccccc3C2C1. The lowest BCUT2D eigenvalue weighted by Crippen LogP contribution is -2.35. The summed E-state index contributed by atoms with van der Waals surface area (Å²) in [5.74, 6) is 1.26. The summed E-state index contributed by atoms with van der Waals surface area (Å²) in [7, 11) is 0. The highest BCUT2D eigenvalue weighted by atomic mass is 16.1. The van der Waals surface area contributed by atoms with Gasteiger partial charge in [-0.05, 0) is 36.9 Å². The first-order chi connectivity index (χ1) is 10.7. The van der Waals surface area contributed by atoms with Gasteiger partial charge in [0.2, 0.25) is 0 Å². The lowest BCUT2D eigenvalue weighted by Gasteiger charge is -2.33. The van der Waals surface area contributed by atoms with Gasteiger partial charge in [-0.25, -0.2) is 0 Å². The third-order valence-electron chi connectivity index (χ3n) is 5.38. The highest BCUT2D eigenvalue weighted by molar-refractivity contribution is 5.80. The van der Waals surface area contributed by atoms with Crippen LogP contribution in [0, 0.1) is 5.92 Å². The number of rotatable bonds is 6. The Kier molecular flexibility index (Phi) is 4.77. The van der Waals surface area contributed by atoms with E-state index in [1.807, 2.05) is 0 Å². The summed E-state index contributed by atoms with van der Waals surface area (Å²) in [6, 6.07) is 8.79. The van der Waals surface area contributed by atoms with Crippen molar-refractivity contribution in [1.29, 1.82) is 0 Å². The number of hydrogen-bond donors (Lipinski definition) is 0. The minimum atomic E-state index is 0.234. The minimum Gasteiger partial charge on any atom is -0.302 e. The lowest BCUT2D eigenvalue weighted by atomic mass is 9.90. The molecule has 0 saturated carbocycles. The van der Waals surface area contributed by atoms with E-state index in [1.54, 1.807) is 5.57 Å². The first kappa shape index (κ1) is 15.5. The van der Waals surface area contributed by atoms with Crippen molar-refractivity contribution in [3.63, 3.8) is 0 Å². The van der Waals surface area contributed by atoms with Gasteiger partial charge in [0, 0.05) is 31.3 Å². The average molecular weight is 297 g/mol. The number of Topliss-reactive ketones (excluding diaryl/α,β-unsaturated/α-hetero) is 1. The summed E-state index contributed by atoms with van der Waals surface area (Å²) in [5, 5.41) is 0. The van der Waals surface area contributed by atoms with Crippen LogP contribution in [0.3, 0.4) is 0 Å². The molecule has 2 nitrogen and oxygen atoms in total. The largest absolute Gasteiger partial charge is 0.302 e. The minimum absolute atomic E-state index is 0.234. The van der Waals surface area contributed by atoms with Crippen molar-refractivity contribution < 1.29 is 4.79 Å². The van der Waals surface area contributed by atoms with Crippen molar-refractivity contribution in [1.82, 2.24) is 4.90 Å². The molecule has 0 spiro atoms. The fourth-order valence-corrected chi connectivity index (χ4v) is 3.71. The van der Waals surface area contributed by atoms with Gasteiger partial charge in [0.15, 0.2) is 0 Å². The van der Waals surface area contributed by atoms with E-state index in [2.05, 4.69) is 49.1 Å². The van der Waals surface area contributed by atoms with E-state index >= 15 is 0 Å². The maximum Gasteiger partial charge on any atom is 0.135 e. The van der Waals surface area contributed by atoms with Crippen molar-refractivity contribution in [2.24, 2.45) is 5.92 Å². The molecule has 1 aliphatic heterocycles. The van der Waals surface area contributed by atoms with E-state index in [1.165, 1.54) is 17.5 Å². The molecule has 1 aromatic carbocycles. The van der Waals surface area contributed by atoms with E-state index < -0.39 is 0 Å². The summed E-state index contributed by atoms with van der Waals surface area (Å²) in [5.41, 5.74) is 4.52. The molecule has 2 aliphatic rings. The molecule has 0 aromatic heterocycles. The lowest BCUT2D eigenvalue weighted by molar-refractivity contribution is -0.122. The van der Waals surface area contributed by atoms with Crippen LogP contribution in [0.2, 0.25) is 0 Å². The number of ketones is 1. The van der Waals surface area contributed by atoms with E-state index in [9.17, 15) is 4.79 Å². The molecule has 3 rings (SSSR count). The first-order valence-corrected chi connectivity index (χ1v) is 8.73. The highest BCUT2D eigenvalue weighted by Gasteiger charge is 2.30. The Morgan fingerprint density at radius 2 is 2.18 bits per heavy atom. The summed E-state index contributed by atoms with van der Waals surface area (Å²) in [4.78, 5) is 14.5. The van der Waals surface area contributed by atoms with Gasteiger partial charge in [-0.15, -0.1) is 0 Å². The summed E-state index contributed by atoms with van der Waals surface area (Å²) < 4.78 is 0. The van der Waals surface area contributed by atoms with Gasteiger partial charge in [0.1, 0.15) is 5.78 Å². The molecule has 0 bridgehead atoms. The second-order valence-electron chi connectivity index (χ2n) is 6.83. The standard InChI is InChI=1S/C20H27NO/c1-3-15(2)20(22)9-6-11-21-12-10-17-13-16-7-4-5-8-18(16)19(17)14-21/h4-5,7-8,13,15,19H,3,6,9-12,14H2,1-2H3. The number of likely N-dealkylation sites (tertiary alicyclic amines) is 1. The fourth-order valence-electron chi connectivity index (χ4n) is 3.71. The zero-order valence-corrected chi connectivity index (χ0v) is 13.8. The molecule has 0 N–H and O–H groups in total. The highest BCUT2D eigenvalue weighted by Crippen LogP contribution is 2.40. The molecule has 0 amide bonds. The second-order valence-corrected chi connectivity index (χ2v) is 6.83. The zero-order chi connectivity index (χ0) is 15.5. The van der Waals surface area contributed by atoms with E-state index in [4.69, 9.17) is 0 Å². The van der Waals surface area contributed by atoms with Crippen LogP contribution in [-0.4, -0.2) is 30.3 Å². The Balaban J connectivity index is 1.52. The predicted molar refractivity (Wildman–Crippen MR) is 91.9 cm³/mol. The third-order valence-corrected chi connectivity index (χ3v) is 5.38. The molecule has 2 heteroatoms. The number of carbonyl (C=O) groups is 1. The van der Waals surface area contributed by atoms with Crippen LogP contribution in [0.25, 0.3) is 6.08 Å². The van der Waals surface area contributed by atoms with Gasteiger partial charge in [0.05, 0.1) is 0 Å². The number of fused-ring (bicyclic) bond motifs is 3. The van der Waals surface area contributed by atoms with Gasteiger partial charge >= 0.3 is 0 Å². The van der Waals surface area contributed by atoms with Crippen LogP contribution >= 0.6 is 0 Å². The summed E-state index contributed by atoms with van der Waals surface area (Å²) >= 11 is 0. The van der Waals surface area contributed by atoms with Gasteiger partial charge in [-0.1, -0.05) is 49.8 Å². The molecule has 1 heterocycles. The monoisotopic (exact) mass is 297 g/mol. The van der Waals surface area contributed by atoms with E-state index in [0.29, 0.717) is 11.7 Å². The molecule has 0 radical (unpaired) electrons. The summed E-state index contributed by atoms with van der Waals surface area (Å²) in [6.45, 7) is 7.48. The Labute approximate surface area is 134 Å².